The smallest absolute Gasteiger partial charge is 0.180 e. The lowest BCUT2D eigenvalue weighted by Gasteiger charge is -2.44. The third-order valence-electron chi connectivity index (χ3n) is 4.59. The predicted molar refractivity (Wildman–Crippen MR) is 98.5 cm³/mol. The SMILES string of the molecule is CC.c1ccc2c(c1)NC(=NCc1cnco1)C1(CCCCC1)N2. The number of benzene rings is 1. The zero-order valence-corrected chi connectivity index (χ0v) is 14.5. The first-order valence-corrected chi connectivity index (χ1v) is 8.92. The number of oxazole rings is 1. The summed E-state index contributed by atoms with van der Waals surface area (Å²) in [6.07, 6.45) is 9.18. The molecule has 0 unspecified atom stereocenters. The van der Waals surface area contributed by atoms with E-state index in [0.29, 0.717) is 6.54 Å². The van der Waals surface area contributed by atoms with E-state index < -0.39 is 0 Å². The highest BCUT2D eigenvalue weighted by atomic mass is 16.3. The molecule has 1 aliphatic heterocycles. The number of hydrogen-bond acceptors (Lipinski definition) is 4. The van der Waals surface area contributed by atoms with Crippen molar-refractivity contribution in [2.24, 2.45) is 4.99 Å². The quantitative estimate of drug-likeness (QED) is 0.829. The number of aromatic nitrogens is 1. The first-order valence-electron chi connectivity index (χ1n) is 8.92. The average molecular weight is 326 g/mol. The Hall–Kier alpha value is -2.30. The second kappa shape index (κ2) is 7.51. The van der Waals surface area contributed by atoms with E-state index in [1.54, 1.807) is 6.20 Å². The molecule has 1 saturated carbocycles. The summed E-state index contributed by atoms with van der Waals surface area (Å²) in [6.45, 7) is 4.52. The molecule has 2 heterocycles. The summed E-state index contributed by atoms with van der Waals surface area (Å²) in [4.78, 5) is 8.76. The molecule has 2 aliphatic rings. The van der Waals surface area contributed by atoms with Crippen molar-refractivity contribution in [3.8, 4) is 0 Å². The minimum Gasteiger partial charge on any atom is -0.447 e. The Kier molecular flexibility index (Phi) is 5.18. The summed E-state index contributed by atoms with van der Waals surface area (Å²) in [5.74, 6) is 1.82. The van der Waals surface area contributed by atoms with E-state index in [0.717, 1.165) is 30.1 Å². The number of rotatable bonds is 2. The summed E-state index contributed by atoms with van der Waals surface area (Å²) < 4.78 is 5.30. The van der Waals surface area contributed by atoms with Crippen molar-refractivity contribution in [1.29, 1.82) is 0 Å². The summed E-state index contributed by atoms with van der Waals surface area (Å²) in [6, 6.07) is 8.33. The molecule has 1 aromatic carbocycles. The fourth-order valence-corrected chi connectivity index (χ4v) is 3.45. The lowest BCUT2D eigenvalue weighted by Crippen LogP contribution is -2.53. The molecule has 0 atom stereocenters. The molecule has 0 saturated heterocycles. The number of nitrogens with one attached hydrogen (secondary N) is 2. The van der Waals surface area contributed by atoms with Crippen LogP contribution in [-0.2, 0) is 6.54 Å². The van der Waals surface area contributed by atoms with Gasteiger partial charge in [0.25, 0.3) is 0 Å². The molecule has 128 valence electrons. The van der Waals surface area contributed by atoms with Crippen molar-refractivity contribution >= 4 is 17.2 Å². The van der Waals surface area contributed by atoms with E-state index >= 15 is 0 Å². The number of hydrogen-bond donors (Lipinski definition) is 2. The standard InChI is InChI=1S/C17H20N4O.C2H6/c1-4-8-17(9-5-1)16(19-11-13-10-18-12-22-13)20-14-6-2-3-7-15(14)21-17;1-2/h2-3,6-7,10,12,21H,1,4-5,8-9,11H2,(H,19,20);1-2H3. The van der Waals surface area contributed by atoms with Crippen molar-refractivity contribution in [3.05, 3.63) is 42.6 Å². The normalized spacial score (nSPS) is 19.7. The summed E-state index contributed by atoms with van der Waals surface area (Å²) in [5, 5.41) is 7.30. The summed E-state index contributed by atoms with van der Waals surface area (Å²) >= 11 is 0. The van der Waals surface area contributed by atoms with Crippen LogP contribution < -0.4 is 10.6 Å². The highest BCUT2D eigenvalue weighted by Gasteiger charge is 2.40. The maximum atomic E-state index is 5.30. The molecular weight excluding hydrogens is 300 g/mol. The van der Waals surface area contributed by atoms with E-state index in [4.69, 9.17) is 9.41 Å². The third kappa shape index (κ3) is 3.30. The molecule has 0 bridgehead atoms. The van der Waals surface area contributed by atoms with Crippen molar-refractivity contribution < 1.29 is 4.42 Å². The van der Waals surface area contributed by atoms with Crippen LogP contribution in [0.2, 0.25) is 0 Å². The number of amidine groups is 1. The van der Waals surface area contributed by atoms with Crippen molar-refractivity contribution in [3.63, 3.8) is 0 Å². The Morgan fingerprint density at radius 3 is 2.58 bits per heavy atom. The van der Waals surface area contributed by atoms with Gasteiger partial charge >= 0.3 is 0 Å². The van der Waals surface area contributed by atoms with Gasteiger partial charge in [0.15, 0.2) is 6.39 Å². The molecule has 4 rings (SSSR count). The third-order valence-corrected chi connectivity index (χ3v) is 4.59. The van der Waals surface area contributed by atoms with Gasteiger partial charge in [-0.2, -0.15) is 0 Å². The molecule has 2 N–H and O–H groups in total. The van der Waals surface area contributed by atoms with Crippen LogP contribution in [0.5, 0.6) is 0 Å². The summed E-state index contributed by atoms with van der Waals surface area (Å²) in [5.41, 5.74) is 2.20. The minimum absolute atomic E-state index is 0.0629. The molecule has 1 spiro atoms. The molecule has 1 fully saturated rings. The largest absolute Gasteiger partial charge is 0.447 e. The molecule has 24 heavy (non-hydrogen) atoms. The number of aliphatic imine (C=N–C) groups is 1. The molecule has 0 amide bonds. The van der Waals surface area contributed by atoms with Crippen molar-refractivity contribution in [2.75, 3.05) is 10.6 Å². The van der Waals surface area contributed by atoms with Gasteiger partial charge in [-0.25, -0.2) is 4.98 Å². The fourth-order valence-electron chi connectivity index (χ4n) is 3.45. The van der Waals surface area contributed by atoms with E-state index in [1.165, 1.54) is 31.3 Å². The molecule has 1 aliphatic carbocycles. The van der Waals surface area contributed by atoms with Crippen LogP contribution in [0, 0.1) is 0 Å². The molecular formula is C19H26N4O. The minimum atomic E-state index is -0.0629. The highest BCUT2D eigenvalue weighted by molar-refractivity contribution is 6.09. The molecule has 5 heteroatoms. The monoisotopic (exact) mass is 326 g/mol. The van der Waals surface area contributed by atoms with Crippen molar-refractivity contribution in [1.82, 2.24) is 4.98 Å². The van der Waals surface area contributed by atoms with Crippen LogP contribution in [0.15, 0.2) is 46.3 Å². The van der Waals surface area contributed by atoms with Crippen LogP contribution in [0.3, 0.4) is 0 Å². The number of para-hydroxylation sites is 2. The lowest BCUT2D eigenvalue weighted by molar-refractivity contribution is 0.402. The van der Waals surface area contributed by atoms with Crippen LogP contribution in [0.4, 0.5) is 11.4 Å². The van der Waals surface area contributed by atoms with Gasteiger partial charge in [-0.05, 0) is 25.0 Å². The van der Waals surface area contributed by atoms with Gasteiger partial charge in [0.05, 0.1) is 23.1 Å². The van der Waals surface area contributed by atoms with E-state index in [2.05, 4.69) is 33.8 Å². The van der Waals surface area contributed by atoms with Gasteiger partial charge in [0.2, 0.25) is 0 Å². The Morgan fingerprint density at radius 2 is 1.88 bits per heavy atom. The Labute approximate surface area is 143 Å². The van der Waals surface area contributed by atoms with Crippen LogP contribution in [0.25, 0.3) is 0 Å². The van der Waals surface area contributed by atoms with E-state index in [1.807, 2.05) is 19.9 Å². The Balaban J connectivity index is 0.000000815. The number of fused-ring (bicyclic) bond motifs is 1. The molecule has 1 aromatic heterocycles. The lowest BCUT2D eigenvalue weighted by atomic mass is 9.79. The Morgan fingerprint density at radius 1 is 1.12 bits per heavy atom. The Bertz CT molecular complexity index is 672. The van der Waals surface area contributed by atoms with E-state index in [9.17, 15) is 0 Å². The van der Waals surface area contributed by atoms with Crippen molar-refractivity contribution in [2.45, 2.75) is 58.0 Å². The second-order valence-electron chi connectivity index (χ2n) is 6.07. The molecule has 2 aromatic rings. The number of nitrogens with zero attached hydrogens (tertiary/aromatic N) is 2. The van der Waals surface area contributed by atoms with Gasteiger partial charge in [-0.1, -0.05) is 45.2 Å². The van der Waals surface area contributed by atoms with E-state index in [-0.39, 0.29) is 5.54 Å². The maximum Gasteiger partial charge on any atom is 0.180 e. The molecule has 0 radical (unpaired) electrons. The molecule has 5 nitrogen and oxygen atoms in total. The van der Waals surface area contributed by atoms with Gasteiger partial charge in [0, 0.05) is 0 Å². The zero-order valence-electron chi connectivity index (χ0n) is 14.5. The maximum absolute atomic E-state index is 5.30. The number of anilines is 2. The van der Waals surface area contributed by atoms with Gasteiger partial charge in [-0.3, -0.25) is 4.99 Å². The average Bonchev–Trinajstić information content (AvgIpc) is 3.16. The van der Waals surface area contributed by atoms with Gasteiger partial charge in [0.1, 0.15) is 18.1 Å². The van der Waals surface area contributed by atoms with Crippen LogP contribution >= 0.6 is 0 Å². The van der Waals surface area contributed by atoms with Gasteiger partial charge in [-0.15, -0.1) is 0 Å². The second-order valence-corrected chi connectivity index (χ2v) is 6.07. The van der Waals surface area contributed by atoms with Gasteiger partial charge < -0.3 is 15.1 Å². The first kappa shape index (κ1) is 16.6. The highest BCUT2D eigenvalue weighted by Crippen LogP contribution is 2.39. The van der Waals surface area contributed by atoms with Crippen LogP contribution in [-0.4, -0.2) is 16.4 Å². The van der Waals surface area contributed by atoms with Crippen LogP contribution in [0.1, 0.15) is 51.7 Å². The first-order chi connectivity index (χ1) is 11.9. The zero-order chi connectivity index (χ0) is 16.8. The topological polar surface area (TPSA) is 62.5 Å². The fraction of sp³-hybridized carbons (Fsp3) is 0.474. The summed E-state index contributed by atoms with van der Waals surface area (Å²) in [7, 11) is 0. The predicted octanol–water partition coefficient (Wildman–Crippen LogP) is 4.84.